The maximum Gasteiger partial charge on any atom is 0.303 e. The minimum absolute atomic E-state index is 0.0161. The first-order valence-corrected chi connectivity index (χ1v) is 7.45. The van der Waals surface area contributed by atoms with Gasteiger partial charge in [0.05, 0.1) is 0 Å². The van der Waals surface area contributed by atoms with Crippen molar-refractivity contribution in [2.24, 2.45) is 17.8 Å². The molecule has 1 aliphatic rings. The van der Waals surface area contributed by atoms with E-state index in [4.69, 9.17) is 5.11 Å². The minimum atomic E-state index is -0.837. The lowest BCUT2D eigenvalue weighted by molar-refractivity contribution is -0.138. The summed E-state index contributed by atoms with van der Waals surface area (Å²) in [5.74, 6) is 0.631. The predicted molar refractivity (Wildman–Crippen MR) is 74.8 cm³/mol. The summed E-state index contributed by atoms with van der Waals surface area (Å²) in [6.45, 7) is 4.84. The standard InChI is InChI=1S/C15H27NO3/c1-11-4-3-5-13(8-11)6-7-16-14(17)9-12(2)10-15(18)19/h11-13H,3-10H2,1-2H3,(H,16,17)(H,18,19). The van der Waals surface area contributed by atoms with Crippen molar-refractivity contribution in [3.63, 3.8) is 0 Å². The van der Waals surface area contributed by atoms with Gasteiger partial charge in [-0.3, -0.25) is 9.59 Å². The molecule has 1 amide bonds. The molecular weight excluding hydrogens is 242 g/mol. The van der Waals surface area contributed by atoms with E-state index in [0.717, 1.165) is 24.8 Å². The second-order valence-electron chi connectivity index (χ2n) is 6.18. The van der Waals surface area contributed by atoms with Crippen molar-refractivity contribution in [2.45, 2.75) is 58.8 Å². The molecule has 1 aliphatic carbocycles. The number of carboxylic acid groups (broad SMARTS) is 1. The lowest BCUT2D eigenvalue weighted by Gasteiger charge is -2.26. The quantitative estimate of drug-likeness (QED) is 0.747. The molecule has 4 nitrogen and oxygen atoms in total. The SMILES string of the molecule is CC(CC(=O)O)CC(=O)NCCC1CCCC(C)C1. The lowest BCUT2D eigenvalue weighted by Crippen LogP contribution is -2.28. The van der Waals surface area contributed by atoms with Crippen molar-refractivity contribution in [3.8, 4) is 0 Å². The van der Waals surface area contributed by atoms with Crippen LogP contribution in [0.4, 0.5) is 0 Å². The van der Waals surface area contributed by atoms with Crippen LogP contribution in [0, 0.1) is 17.8 Å². The molecule has 110 valence electrons. The summed E-state index contributed by atoms with van der Waals surface area (Å²) in [6.07, 6.45) is 6.66. The molecule has 3 atom stereocenters. The smallest absolute Gasteiger partial charge is 0.303 e. The molecule has 0 bridgehead atoms. The van der Waals surface area contributed by atoms with E-state index in [-0.39, 0.29) is 18.2 Å². The Hall–Kier alpha value is -1.06. The molecule has 19 heavy (non-hydrogen) atoms. The van der Waals surface area contributed by atoms with Gasteiger partial charge in [-0.2, -0.15) is 0 Å². The van der Waals surface area contributed by atoms with Crippen LogP contribution in [0.5, 0.6) is 0 Å². The largest absolute Gasteiger partial charge is 0.481 e. The molecule has 4 heteroatoms. The highest BCUT2D eigenvalue weighted by atomic mass is 16.4. The summed E-state index contributed by atoms with van der Waals surface area (Å²) in [7, 11) is 0. The number of hydrogen-bond donors (Lipinski definition) is 2. The number of amides is 1. The minimum Gasteiger partial charge on any atom is -0.481 e. The van der Waals surface area contributed by atoms with Crippen molar-refractivity contribution in [1.29, 1.82) is 0 Å². The van der Waals surface area contributed by atoms with Crippen LogP contribution < -0.4 is 5.32 Å². The Labute approximate surface area is 116 Å². The van der Waals surface area contributed by atoms with Crippen molar-refractivity contribution < 1.29 is 14.7 Å². The molecule has 0 spiro atoms. The molecule has 0 heterocycles. The van der Waals surface area contributed by atoms with Crippen LogP contribution in [0.25, 0.3) is 0 Å². The fourth-order valence-electron chi connectivity index (χ4n) is 3.00. The Morgan fingerprint density at radius 2 is 2.05 bits per heavy atom. The van der Waals surface area contributed by atoms with Gasteiger partial charge in [0.1, 0.15) is 0 Å². The van der Waals surface area contributed by atoms with E-state index in [1.54, 1.807) is 6.92 Å². The third kappa shape index (κ3) is 7.19. The fraction of sp³-hybridized carbons (Fsp3) is 0.867. The number of carbonyl (C=O) groups is 2. The Morgan fingerprint density at radius 3 is 2.68 bits per heavy atom. The van der Waals surface area contributed by atoms with E-state index in [1.165, 1.54) is 25.7 Å². The van der Waals surface area contributed by atoms with Crippen LogP contribution >= 0.6 is 0 Å². The fourth-order valence-corrected chi connectivity index (χ4v) is 3.00. The maximum absolute atomic E-state index is 11.6. The van der Waals surface area contributed by atoms with Gasteiger partial charge in [0, 0.05) is 19.4 Å². The summed E-state index contributed by atoms with van der Waals surface area (Å²) in [5.41, 5.74) is 0. The molecule has 0 saturated heterocycles. The van der Waals surface area contributed by atoms with Crippen molar-refractivity contribution in [3.05, 3.63) is 0 Å². The van der Waals surface area contributed by atoms with Crippen LogP contribution in [0.3, 0.4) is 0 Å². The monoisotopic (exact) mass is 269 g/mol. The first-order chi connectivity index (χ1) is 8.97. The zero-order valence-corrected chi connectivity index (χ0v) is 12.2. The Kier molecular flexibility index (Phi) is 6.89. The van der Waals surface area contributed by atoms with Crippen molar-refractivity contribution >= 4 is 11.9 Å². The third-order valence-electron chi connectivity index (χ3n) is 3.98. The highest BCUT2D eigenvalue weighted by Crippen LogP contribution is 2.30. The number of carbonyl (C=O) groups excluding carboxylic acids is 1. The third-order valence-corrected chi connectivity index (χ3v) is 3.98. The highest BCUT2D eigenvalue weighted by molar-refractivity contribution is 5.77. The van der Waals surface area contributed by atoms with Gasteiger partial charge in [0.15, 0.2) is 0 Å². The van der Waals surface area contributed by atoms with Crippen LogP contribution in [-0.4, -0.2) is 23.5 Å². The van der Waals surface area contributed by atoms with E-state index in [0.29, 0.717) is 6.42 Å². The molecule has 0 radical (unpaired) electrons. The first kappa shape index (κ1) is 16.0. The van der Waals surface area contributed by atoms with Gasteiger partial charge in [0.25, 0.3) is 0 Å². The van der Waals surface area contributed by atoms with Crippen LogP contribution in [0.1, 0.15) is 58.8 Å². The van der Waals surface area contributed by atoms with Crippen molar-refractivity contribution in [1.82, 2.24) is 5.32 Å². The van der Waals surface area contributed by atoms with Gasteiger partial charge in [0.2, 0.25) is 5.91 Å². The topological polar surface area (TPSA) is 66.4 Å². The summed E-state index contributed by atoms with van der Waals surface area (Å²) in [5, 5.41) is 11.6. The molecule has 0 aromatic rings. The zero-order valence-electron chi connectivity index (χ0n) is 12.2. The predicted octanol–water partition coefficient (Wildman–Crippen LogP) is 2.82. The van der Waals surface area contributed by atoms with Gasteiger partial charge < -0.3 is 10.4 Å². The Morgan fingerprint density at radius 1 is 1.32 bits per heavy atom. The van der Waals surface area contributed by atoms with Gasteiger partial charge in [-0.15, -0.1) is 0 Å². The van der Waals surface area contributed by atoms with Crippen LogP contribution in [-0.2, 0) is 9.59 Å². The van der Waals surface area contributed by atoms with Gasteiger partial charge in [-0.1, -0.05) is 33.1 Å². The normalized spacial score (nSPS) is 24.7. The highest BCUT2D eigenvalue weighted by Gasteiger charge is 2.19. The van der Waals surface area contributed by atoms with E-state index in [9.17, 15) is 9.59 Å². The molecule has 1 saturated carbocycles. The molecule has 0 aromatic heterocycles. The molecule has 1 rings (SSSR count). The summed E-state index contributed by atoms with van der Waals surface area (Å²) >= 11 is 0. The number of hydrogen-bond acceptors (Lipinski definition) is 2. The molecule has 2 N–H and O–H groups in total. The zero-order chi connectivity index (χ0) is 14.3. The summed E-state index contributed by atoms with van der Waals surface area (Å²) in [6, 6.07) is 0. The molecule has 1 fully saturated rings. The van der Waals surface area contributed by atoms with Gasteiger partial charge >= 0.3 is 5.97 Å². The molecule has 0 aliphatic heterocycles. The number of rotatable bonds is 7. The van der Waals surface area contributed by atoms with E-state index in [1.807, 2.05) is 0 Å². The summed E-state index contributed by atoms with van der Waals surface area (Å²) < 4.78 is 0. The lowest BCUT2D eigenvalue weighted by atomic mass is 9.81. The Balaban J connectivity index is 2.11. The van der Waals surface area contributed by atoms with Crippen molar-refractivity contribution in [2.75, 3.05) is 6.54 Å². The van der Waals surface area contributed by atoms with Crippen LogP contribution in [0.15, 0.2) is 0 Å². The Bertz CT molecular complexity index is 304. The first-order valence-electron chi connectivity index (χ1n) is 7.45. The van der Waals surface area contributed by atoms with E-state index in [2.05, 4.69) is 12.2 Å². The maximum atomic E-state index is 11.6. The molecule has 0 aromatic carbocycles. The van der Waals surface area contributed by atoms with Gasteiger partial charge in [-0.05, 0) is 30.6 Å². The van der Waals surface area contributed by atoms with E-state index < -0.39 is 5.97 Å². The van der Waals surface area contributed by atoms with Gasteiger partial charge in [-0.25, -0.2) is 0 Å². The average Bonchev–Trinajstić information content (AvgIpc) is 2.27. The second-order valence-corrected chi connectivity index (χ2v) is 6.18. The van der Waals surface area contributed by atoms with Crippen LogP contribution in [0.2, 0.25) is 0 Å². The average molecular weight is 269 g/mol. The second kappa shape index (κ2) is 8.18. The number of aliphatic carboxylic acids is 1. The molecular formula is C15H27NO3. The number of carboxylic acids is 1. The number of nitrogens with one attached hydrogen (secondary N) is 1. The summed E-state index contributed by atoms with van der Waals surface area (Å²) in [4.78, 5) is 22.1. The van der Waals surface area contributed by atoms with E-state index >= 15 is 0 Å². The molecule has 3 unspecified atom stereocenters.